The van der Waals surface area contributed by atoms with Crippen LogP contribution in [0.4, 0.5) is 19.0 Å². The lowest BCUT2D eigenvalue weighted by Gasteiger charge is -2.18. The van der Waals surface area contributed by atoms with E-state index in [1.165, 1.54) is 40.5 Å². The second-order valence-electron chi connectivity index (χ2n) is 7.19. The van der Waals surface area contributed by atoms with Gasteiger partial charge in [0.25, 0.3) is 5.56 Å². The summed E-state index contributed by atoms with van der Waals surface area (Å²) in [6, 6.07) is 4.85. The topological polar surface area (TPSA) is 105 Å². The number of hydrogen-bond acceptors (Lipinski definition) is 7. The van der Waals surface area contributed by atoms with Gasteiger partial charge in [0.2, 0.25) is 0 Å². The molecule has 0 radical (unpaired) electrons. The van der Waals surface area contributed by atoms with Crippen LogP contribution in [-0.2, 0) is 12.7 Å². The number of thiophene rings is 1. The van der Waals surface area contributed by atoms with E-state index in [2.05, 4.69) is 20.1 Å². The Kier molecular flexibility index (Phi) is 4.87. The highest BCUT2D eigenvalue weighted by Crippen LogP contribution is 2.34. The number of fused-ring (bicyclic) bond motifs is 2. The molecule has 8 nitrogen and oxygen atoms in total. The Bertz CT molecular complexity index is 1610. The van der Waals surface area contributed by atoms with Gasteiger partial charge in [-0.2, -0.15) is 18.3 Å². The highest BCUT2D eigenvalue weighted by Gasteiger charge is 2.35. The summed E-state index contributed by atoms with van der Waals surface area (Å²) in [5.74, 6) is 0.137. The largest absolute Gasteiger partial charge is 0.418 e. The number of rotatable bonds is 3. The van der Waals surface area contributed by atoms with Gasteiger partial charge in [-0.1, -0.05) is 23.7 Å². The fraction of sp³-hybridized carbons (Fsp3) is 0.150. The Morgan fingerprint density at radius 1 is 1.18 bits per heavy atom. The molecule has 5 aromatic rings. The van der Waals surface area contributed by atoms with Gasteiger partial charge in [0.15, 0.2) is 10.8 Å². The summed E-state index contributed by atoms with van der Waals surface area (Å²) in [6.45, 7) is 1.52. The highest BCUT2D eigenvalue weighted by molar-refractivity contribution is 7.16. The van der Waals surface area contributed by atoms with Crippen LogP contribution in [0.15, 0.2) is 40.8 Å². The standard InChI is InChI=1S/C20H13ClF3N7OS/c1-9-7-33-18-13(9)19(32)31(11-5-3-2-4-10(11)20(22,23)24)12(28-18)6-30-17-14(15(21)29-30)16(25)26-8-27-17/h2-5,7-8H,6H2,1H3,(H2,25,26,27). The van der Waals surface area contributed by atoms with Gasteiger partial charge in [-0.3, -0.25) is 9.36 Å². The molecule has 0 spiro atoms. The average Bonchev–Trinajstić information content (AvgIpc) is 3.28. The Balaban J connectivity index is 1.82. The lowest BCUT2D eigenvalue weighted by molar-refractivity contribution is -0.137. The summed E-state index contributed by atoms with van der Waals surface area (Å²) in [4.78, 5) is 26.4. The smallest absolute Gasteiger partial charge is 0.383 e. The van der Waals surface area contributed by atoms with Crippen molar-refractivity contribution in [3.63, 3.8) is 0 Å². The van der Waals surface area contributed by atoms with Gasteiger partial charge in [-0.05, 0) is 30.0 Å². The molecule has 0 saturated heterocycles. The maximum absolute atomic E-state index is 13.8. The highest BCUT2D eigenvalue weighted by atomic mass is 35.5. The maximum atomic E-state index is 13.8. The van der Waals surface area contributed by atoms with Gasteiger partial charge >= 0.3 is 6.18 Å². The van der Waals surface area contributed by atoms with Crippen molar-refractivity contribution in [3.05, 3.63) is 68.4 Å². The van der Waals surface area contributed by atoms with E-state index in [9.17, 15) is 18.0 Å². The van der Waals surface area contributed by atoms with E-state index in [1.54, 1.807) is 12.3 Å². The Hall–Kier alpha value is -3.51. The fourth-order valence-corrected chi connectivity index (χ4v) is 4.87. The molecule has 4 heterocycles. The quantitative estimate of drug-likeness (QED) is 0.405. The van der Waals surface area contributed by atoms with Gasteiger partial charge in [-0.25, -0.2) is 19.6 Å². The van der Waals surface area contributed by atoms with Crippen LogP contribution in [0.1, 0.15) is 17.0 Å². The summed E-state index contributed by atoms with van der Waals surface area (Å²) in [6.07, 6.45) is -3.47. The molecule has 0 saturated carbocycles. The van der Waals surface area contributed by atoms with Crippen molar-refractivity contribution < 1.29 is 13.2 Å². The first-order valence-corrected chi connectivity index (χ1v) is 10.7. The number of nitrogen functional groups attached to an aromatic ring is 1. The number of alkyl halides is 3. The molecule has 0 fully saturated rings. The normalized spacial score (nSPS) is 12.2. The predicted octanol–water partition coefficient (Wildman–Crippen LogP) is 4.20. The molecular weight excluding hydrogens is 479 g/mol. The Morgan fingerprint density at radius 3 is 2.70 bits per heavy atom. The molecule has 4 aromatic heterocycles. The number of para-hydroxylation sites is 1. The van der Waals surface area contributed by atoms with Crippen molar-refractivity contribution in [2.45, 2.75) is 19.6 Å². The maximum Gasteiger partial charge on any atom is 0.418 e. The monoisotopic (exact) mass is 491 g/mol. The molecule has 0 aliphatic heterocycles. The molecule has 168 valence electrons. The molecule has 0 aliphatic carbocycles. The van der Waals surface area contributed by atoms with Crippen molar-refractivity contribution in [2.24, 2.45) is 0 Å². The molecular formula is C20H13ClF3N7OS. The molecule has 5 rings (SSSR count). The minimum Gasteiger partial charge on any atom is -0.383 e. The zero-order valence-corrected chi connectivity index (χ0v) is 18.3. The Labute approximate surface area is 192 Å². The van der Waals surface area contributed by atoms with E-state index in [4.69, 9.17) is 17.3 Å². The molecule has 0 unspecified atom stereocenters. The number of anilines is 1. The lowest BCUT2D eigenvalue weighted by atomic mass is 10.1. The van der Waals surface area contributed by atoms with Crippen molar-refractivity contribution in [1.82, 2.24) is 29.3 Å². The van der Waals surface area contributed by atoms with E-state index < -0.39 is 17.3 Å². The van der Waals surface area contributed by atoms with Gasteiger partial charge in [-0.15, -0.1) is 11.3 Å². The van der Waals surface area contributed by atoms with Crippen LogP contribution in [0.5, 0.6) is 0 Å². The first kappa shape index (κ1) is 21.3. The molecule has 13 heteroatoms. The van der Waals surface area contributed by atoms with Gasteiger partial charge in [0, 0.05) is 0 Å². The van der Waals surface area contributed by atoms with Crippen molar-refractivity contribution in [2.75, 3.05) is 5.73 Å². The predicted molar refractivity (Wildman–Crippen MR) is 119 cm³/mol. The van der Waals surface area contributed by atoms with Crippen LogP contribution >= 0.6 is 22.9 Å². The van der Waals surface area contributed by atoms with Crippen molar-refractivity contribution in [3.8, 4) is 5.69 Å². The third-order valence-corrected chi connectivity index (χ3v) is 6.37. The van der Waals surface area contributed by atoms with Crippen LogP contribution in [-0.4, -0.2) is 29.3 Å². The molecule has 0 bridgehead atoms. The molecule has 2 N–H and O–H groups in total. The van der Waals surface area contributed by atoms with Gasteiger partial charge < -0.3 is 5.73 Å². The Morgan fingerprint density at radius 2 is 1.94 bits per heavy atom. The number of halogens is 4. The van der Waals surface area contributed by atoms with E-state index in [1.807, 2.05) is 0 Å². The molecule has 0 amide bonds. The second-order valence-corrected chi connectivity index (χ2v) is 8.40. The number of nitrogens with zero attached hydrogens (tertiary/aromatic N) is 6. The van der Waals surface area contributed by atoms with Gasteiger partial charge in [0.05, 0.1) is 16.6 Å². The van der Waals surface area contributed by atoms with Crippen molar-refractivity contribution in [1.29, 1.82) is 0 Å². The van der Waals surface area contributed by atoms with Crippen LogP contribution in [0, 0.1) is 6.92 Å². The van der Waals surface area contributed by atoms with E-state index in [0.29, 0.717) is 15.8 Å². The minimum atomic E-state index is -4.69. The van der Waals surface area contributed by atoms with Crippen LogP contribution in [0.25, 0.3) is 26.9 Å². The number of aromatic nitrogens is 6. The molecule has 0 atom stereocenters. The van der Waals surface area contributed by atoms with E-state index in [0.717, 1.165) is 10.6 Å². The summed E-state index contributed by atoms with van der Waals surface area (Å²) in [5.41, 5.74) is 4.86. The third kappa shape index (κ3) is 3.42. The summed E-state index contributed by atoms with van der Waals surface area (Å²) < 4.78 is 43.7. The van der Waals surface area contributed by atoms with E-state index >= 15 is 0 Å². The molecule has 1 aromatic carbocycles. The zero-order chi connectivity index (χ0) is 23.5. The molecule has 0 aliphatic rings. The number of aryl methyl sites for hydroxylation is 1. The minimum absolute atomic E-state index is 0.0285. The summed E-state index contributed by atoms with van der Waals surface area (Å²) in [7, 11) is 0. The van der Waals surface area contributed by atoms with E-state index in [-0.39, 0.29) is 40.1 Å². The summed E-state index contributed by atoms with van der Waals surface area (Å²) >= 11 is 7.42. The summed E-state index contributed by atoms with van der Waals surface area (Å²) in [5, 5.41) is 6.52. The zero-order valence-electron chi connectivity index (χ0n) is 16.8. The average molecular weight is 492 g/mol. The number of nitrogens with two attached hydrogens (primary N) is 1. The van der Waals surface area contributed by atoms with Crippen LogP contribution < -0.4 is 11.3 Å². The number of benzene rings is 1. The van der Waals surface area contributed by atoms with Gasteiger partial charge in [0.1, 0.15) is 34.7 Å². The lowest BCUT2D eigenvalue weighted by Crippen LogP contribution is -2.27. The number of hydrogen-bond donors (Lipinski definition) is 1. The van der Waals surface area contributed by atoms with Crippen LogP contribution in [0.2, 0.25) is 5.15 Å². The third-order valence-electron chi connectivity index (χ3n) is 5.12. The SMILES string of the molecule is Cc1csc2nc(Cn3nc(Cl)c4c(N)ncnc43)n(-c3ccccc3C(F)(F)F)c(=O)c12. The molecule has 33 heavy (non-hydrogen) atoms. The fourth-order valence-electron chi connectivity index (χ4n) is 3.66. The second kappa shape index (κ2) is 7.52. The van der Waals surface area contributed by atoms with Crippen LogP contribution in [0.3, 0.4) is 0 Å². The first-order chi connectivity index (χ1) is 15.7. The van der Waals surface area contributed by atoms with Crippen molar-refractivity contribution >= 4 is 50.0 Å². The first-order valence-electron chi connectivity index (χ1n) is 9.45.